The summed E-state index contributed by atoms with van der Waals surface area (Å²) in [5.41, 5.74) is 0.606. The number of aryl methyl sites for hydroxylation is 1. The Balaban J connectivity index is 2.33. The van der Waals surface area contributed by atoms with E-state index in [0.717, 1.165) is 0 Å². The van der Waals surface area contributed by atoms with Gasteiger partial charge in [-0.2, -0.15) is 0 Å². The summed E-state index contributed by atoms with van der Waals surface area (Å²) < 4.78 is 0. The van der Waals surface area contributed by atoms with Gasteiger partial charge >= 0.3 is 5.97 Å². The van der Waals surface area contributed by atoms with Gasteiger partial charge in [0.1, 0.15) is 6.04 Å². The van der Waals surface area contributed by atoms with E-state index in [1.165, 1.54) is 17.0 Å². The first-order valence-corrected chi connectivity index (χ1v) is 6.76. The average Bonchev–Trinajstić information content (AvgIpc) is 2.95. The maximum atomic E-state index is 12.4. The number of aliphatic carboxylic acids is 1. The fourth-order valence-corrected chi connectivity index (χ4v) is 2.60. The number of nitrogens with zero attached hydrogens (tertiary/aromatic N) is 2. The molecule has 0 aliphatic carbocycles. The van der Waals surface area contributed by atoms with Crippen molar-refractivity contribution in [2.75, 3.05) is 6.54 Å². The number of hydrogen-bond acceptors (Lipinski definition) is 4. The Morgan fingerprint density at radius 2 is 2.19 bits per heavy atom. The van der Waals surface area contributed by atoms with Gasteiger partial charge in [-0.25, -0.2) is 4.79 Å². The van der Waals surface area contributed by atoms with E-state index in [-0.39, 0.29) is 11.3 Å². The van der Waals surface area contributed by atoms with Crippen molar-refractivity contribution >= 4 is 17.6 Å². The van der Waals surface area contributed by atoms with Gasteiger partial charge in [0.2, 0.25) is 0 Å². The van der Waals surface area contributed by atoms with Crippen LogP contribution in [0.4, 0.5) is 5.69 Å². The Kier molecular flexibility index (Phi) is 4.21. The zero-order chi connectivity index (χ0) is 15.6. The number of amides is 1. The SMILES string of the molecule is CCc1ccc(C(=O)N2CCCC2C(=O)O)cc1[N+](=O)[O-]. The molecule has 1 aromatic carbocycles. The van der Waals surface area contributed by atoms with Crippen LogP contribution in [0.5, 0.6) is 0 Å². The van der Waals surface area contributed by atoms with E-state index in [0.29, 0.717) is 31.4 Å². The van der Waals surface area contributed by atoms with Gasteiger partial charge < -0.3 is 10.0 Å². The van der Waals surface area contributed by atoms with Gasteiger partial charge in [0.15, 0.2) is 0 Å². The minimum absolute atomic E-state index is 0.102. The fourth-order valence-electron chi connectivity index (χ4n) is 2.60. The van der Waals surface area contributed by atoms with Gasteiger partial charge in [-0.05, 0) is 25.3 Å². The lowest BCUT2D eigenvalue weighted by Crippen LogP contribution is -2.40. The number of nitro benzene ring substituents is 1. The van der Waals surface area contributed by atoms with Crippen molar-refractivity contribution < 1.29 is 19.6 Å². The molecule has 0 spiro atoms. The highest BCUT2D eigenvalue weighted by Crippen LogP contribution is 2.25. The van der Waals surface area contributed by atoms with Crippen molar-refractivity contribution in [1.29, 1.82) is 0 Å². The van der Waals surface area contributed by atoms with Crippen LogP contribution in [0.2, 0.25) is 0 Å². The third-order valence-electron chi connectivity index (χ3n) is 3.71. The number of carbonyl (C=O) groups excluding carboxylic acids is 1. The first-order chi connectivity index (χ1) is 9.95. The van der Waals surface area contributed by atoms with E-state index >= 15 is 0 Å². The molecule has 1 unspecified atom stereocenters. The highest BCUT2D eigenvalue weighted by molar-refractivity contribution is 5.97. The molecule has 0 aromatic heterocycles. The zero-order valence-electron chi connectivity index (χ0n) is 11.6. The Morgan fingerprint density at radius 3 is 2.76 bits per heavy atom. The first-order valence-electron chi connectivity index (χ1n) is 6.76. The monoisotopic (exact) mass is 292 g/mol. The van der Waals surface area contributed by atoms with Gasteiger partial charge in [0.25, 0.3) is 11.6 Å². The summed E-state index contributed by atoms with van der Waals surface area (Å²) >= 11 is 0. The molecule has 21 heavy (non-hydrogen) atoms. The molecule has 1 fully saturated rings. The van der Waals surface area contributed by atoms with Crippen molar-refractivity contribution in [3.05, 3.63) is 39.4 Å². The maximum Gasteiger partial charge on any atom is 0.326 e. The zero-order valence-corrected chi connectivity index (χ0v) is 11.6. The number of hydrogen-bond donors (Lipinski definition) is 1. The summed E-state index contributed by atoms with van der Waals surface area (Å²) in [4.78, 5) is 35.3. The predicted molar refractivity (Wildman–Crippen MR) is 74.2 cm³/mol. The van der Waals surface area contributed by atoms with Gasteiger partial charge in [-0.1, -0.05) is 13.0 Å². The lowest BCUT2D eigenvalue weighted by molar-refractivity contribution is -0.385. The smallest absolute Gasteiger partial charge is 0.326 e. The van der Waals surface area contributed by atoms with Crippen LogP contribution in [0, 0.1) is 10.1 Å². The van der Waals surface area contributed by atoms with E-state index in [9.17, 15) is 19.7 Å². The standard InChI is InChI=1S/C14H16N2O5/c1-2-9-5-6-10(8-12(9)16(20)21)13(17)15-7-3-4-11(15)14(18)19/h5-6,8,11H,2-4,7H2,1H3,(H,18,19). The molecule has 1 atom stereocenters. The molecular formula is C14H16N2O5. The summed E-state index contributed by atoms with van der Waals surface area (Å²) in [6.07, 6.45) is 1.53. The summed E-state index contributed by atoms with van der Waals surface area (Å²) in [6.45, 7) is 2.16. The number of rotatable bonds is 4. The van der Waals surface area contributed by atoms with Gasteiger partial charge in [0.05, 0.1) is 4.92 Å². The van der Waals surface area contributed by atoms with E-state index in [4.69, 9.17) is 5.11 Å². The number of carbonyl (C=O) groups is 2. The molecule has 2 rings (SSSR count). The number of likely N-dealkylation sites (tertiary alicyclic amines) is 1. The van der Waals surface area contributed by atoms with Crippen LogP contribution in [-0.4, -0.2) is 39.4 Å². The van der Waals surface area contributed by atoms with Gasteiger partial charge in [0, 0.05) is 23.7 Å². The van der Waals surface area contributed by atoms with Gasteiger partial charge in [-0.15, -0.1) is 0 Å². The molecule has 0 saturated carbocycles. The lowest BCUT2D eigenvalue weighted by atomic mass is 10.1. The molecule has 1 amide bonds. The third kappa shape index (κ3) is 2.86. The number of benzene rings is 1. The first kappa shape index (κ1) is 15.0. The van der Waals surface area contributed by atoms with Crippen LogP contribution in [0.1, 0.15) is 35.7 Å². The number of carboxylic acids is 1. The molecule has 1 aromatic rings. The average molecular weight is 292 g/mol. The summed E-state index contributed by atoms with van der Waals surface area (Å²) in [7, 11) is 0. The second-order valence-corrected chi connectivity index (χ2v) is 4.95. The Morgan fingerprint density at radius 1 is 1.48 bits per heavy atom. The molecule has 7 nitrogen and oxygen atoms in total. The predicted octanol–water partition coefficient (Wildman–Crippen LogP) is 1.85. The topological polar surface area (TPSA) is 101 Å². The number of nitro groups is 1. The van der Waals surface area contributed by atoms with Crippen LogP contribution >= 0.6 is 0 Å². The summed E-state index contributed by atoms with van der Waals surface area (Å²) in [6, 6.07) is 3.46. The van der Waals surface area contributed by atoms with Crippen molar-refractivity contribution in [1.82, 2.24) is 4.90 Å². The molecule has 0 bridgehead atoms. The van der Waals surface area contributed by atoms with E-state index in [1.54, 1.807) is 13.0 Å². The largest absolute Gasteiger partial charge is 0.480 e. The summed E-state index contributed by atoms with van der Waals surface area (Å²) in [5, 5.41) is 20.1. The summed E-state index contributed by atoms with van der Waals surface area (Å²) in [5.74, 6) is -1.51. The molecule has 1 aliphatic rings. The van der Waals surface area contributed by atoms with Crippen LogP contribution in [0.3, 0.4) is 0 Å². The normalized spacial score (nSPS) is 17.8. The lowest BCUT2D eigenvalue weighted by Gasteiger charge is -2.21. The molecule has 112 valence electrons. The molecule has 0 radical (unpaired) electrons. The van der Waals surface area contributed by atoms with Crippen LogP contribution in [0.25, 0.3) is 0 Å². The van der Waals surface area contributed by atoms with Crippen LogP contribution in [0.15, 0.2) is 18.2 Å². The van der Waals surface area contributed by atoms with Gasteiger partial charge in [-0.3, -0.25) is 14.9 Å². The molecule has 1 N–H and O–H groups in total. The van der Waals surface area contributed by atoms with E-state index in [1.807, 2.05) is 0 Å². The quantitative estimate of drug-likeness (QED) is 0.674. The highest BCUT2D eigenvalue weighted by atomic mass is 16.6. The fraction of sp³-hybridized carbons (Fsp3) is 0.429. The number of carboxylic acid groups (broad SMARTS) is 1. The maximum absolute atomic E-state index is 12.4. The molecule has 1 aliphatic heterocycles. The third-order valence-corrected chi connectivity index (χ3v) is 3.71. The van der Waals surface area contributed by atoms with E-state index in [2.05, 4.69) is 0 Å². The minimum atomic E-state index is -1.04. The Hall–Kier alpha value is -2.44. The molecule has 7 heteroatoms. The second-order valence-electron chi connectivity index (χ2n) is 4.95. The second kappa shape index (κ2) is 5.90. The molecule has 1 heterocycles. The van der Waals surface area contributed by atoms with Crippen LogP contribution in [-0.2, 0) is 11.2 Å². The van der Waals surface area contributed by atoms with Crippen molar-refractivity contribution in [2.45, 2.75) is 32.2 Å². The Labute approximate surface area is 121 Å². The van der Waals surface area contributed by atoms with Crippen molar-refractivity contribution in [3.8, 4) is 0 Å². The molecular weight excluding hydrogens is 276 g/mol. The van der Waals surface area contributed by atoms with E-state index < -0.39 is 22.8 Å². The minimum Gasteiger partial charge on any atom is -0.480 e. The van der Waals surface area contributed by atoms with Crippen molar-refractivity contribution in [3.63, 3.8) is 0 Å². The Bertz CT molecular complexity index is 599. The highest BCUT2D eigenvalue weighted by Gasteiger charge is 2.34. The van der Waals surface area contributed by atoms with Crippen LogP contribution < -0.4 is 0 Å². The van der Waals surface area contributed by atoms with Crippen molar-refractivity contribution in [2.24, 2.45) is 0 Å². The molecule has 1 saturated heterocycles.